The lowest BCUT2D eigenvalue weighted by molar-refractivity contribution is -0.128. The number of aryl methyl sites for hydroxylation is 1. The van der Waals surface area contributed by atoms with Crippen LogP contribution < -0.4 is 10.1 Å². The molecule has 0 unspecified atom stereocenters. The molecule has 1 aliphatic heterocycles. The van der Waals surface area contributed by atoms with Crippen LogP contribution in [0.4, 0.5) is 0 Å². The highest BCUT2D eigenvalue weighted by Gasteiger charge is 2.18. The molecule has 0 saturated carbocycles. The van der Waals surface area contributed by atoms with Crippen LogP contribution in [0.2, 0.25) is 0 Å². The molecule has 1 atom stereocenters. The van der Waals surface area contributed by atoms with E-state index in [0.717, 1.165) is 50.5 Å². The predicted molar refractivity (Wildman–Crippen MR) is 97.4 cm³/mol. The summed E-state index contributed by atoms with van der Waals surface area (Å²) in [6.07, 6.45) is 1.23. The summed E-state index contributed by atoms with van der Waals surface area (Å²) in [5.41, 5.74) is 1.13. The summed E-state index contributed by atoms with van der Waals surface area (Å²) in [6, 6.07) is 7.83. The van der Waals surface area contributed by atoms with E-state index in [2.05, 4.69) is 22.2 Å². The summed E-state index contributed by atoms with van der Waals surface area (Å²) >= 11 is 0. The maximum absolute atomic E-state index is 12.3. The molecule has 1 saturated heterocycles. The second kappa shape index (κ2) is 9.64. The smallest absolute Gasteiger partial charge is 0.261 e. The van der Waals surface area contributed by atoms with Crippen LogP contribution in [-0.2, 0) is 4.79 Å². The van der Waals surface area contributed by atoms with Crippen molar-refractivity contribution in [1.82, 2.24) is 15.1 Å². The van der Waals surface area contributed by atoms with E-state index in [9.17, 15) is 4.79 Å². The van der Waals surface area contributed by atoms with Crippen LogP contribution in [0, 0.1) is 6.92 Å². The van der Waals surface area contributed by atoms with Gasteiger partial charge < -0.3 is 19.9 Å². The molecular formula is C19H31N3O2. The van der Waals surface area contributed by atoms with Gasteiger partial charge in [-0.1, -0.05) is 19.1 Å². The van der Waals surface area contributed by atoms with Gasteiger partial charge in [0, 0.05) is 32.7 Å². The van der Waals surface area contributed by atoms with Crippen molar-refractivity contribution in [2.24, 2.45) is 0 Å². The monoisotopic (exact) mass is 333 g/mol. The van der Waals surface area contributed by atoms with Crippen molar-refractivity contribution in [2.75, 3.05) is 46.3 Å². The van der Waals surface area contributed by atoms with Gasteiger partial charge in [0.15, 0.2) is 6.10 Å². The molecule has 0 bridgehead atoms. The average Bonchev–Trinajstić information content (AvgIpc) is 2.58. The van der Waals surface area contributed by atoms with E-state index >= 15 is 0 Å². The van der Waals surface area contributed by atoms with Gasteiger partial charge in [-0.05, 0) is 51.1 Å². The molecule has 0 aromatic heterocycles. The molecule has 1 amide bonds. The third-order valence-corrected chi connectivity index (χ3v) is 4.48. The minimum absolute atomic E-state index is 0.0163. The molecule has 24 heavy (non-hydrogen) atoms. The molecule has 134 valence electrons. The predicted octanol–water partition coefficient (Wildman–Crippen LogP) is 1.91. The minimum Gasteiger partial charge on any atom is -0.481 e. The lowest BCUT2D eigenvalue weighted by atomic mass is 10.2. The maximum atomic E-state index is 12.3. The van der Waals surface area contributed by atoms with E-state index < -0.39 is 6.10 Å². The van der Waals surface area contributed by atoms with Gasteiger partial charge in [0.25, 0.3) is 5.91 Å². The highest BCUT2D eigenvalue weighted by Crippen LogP contribution is 2.15. The average molecular weight is 333 g/mol. The lowest BCUT2D eigenvalue weighted by Gasteiger charge is -2.32. The zero-order valence-corrected chi connectivity index (χ0v) is 15.3. The van der Waals surface area contributed by atoms with Crippen molar-refractivity contribution in [3.05, 3.63) is 29.8 Å². The first-order chi connectivity index (χ1) is 11.6. The van der Waals surface area contributed by atoms with E-state index in [4.69, 9.17) is 4.74 Å². The number of nitrogens with one attached hydrogen (secondary N) is 1. The number of carbonyl (C=O) groups excluding carboxylic acids is 1. The molecule has 1 heterocycles. The molecule has 0 spiro atoms. The highest BCUT2D eigenvalue weighted by atomic mass is 16.5. The quantitative estimate of drug-likeness (QED) is 0.738. The number of likely N-dealkylation sites (N-methyl/N-ethyl adjacent to an activating group) is 1. The fraction of sp³-hybridized carbons (Fsp3) is 0.632. The Balaban J connectivity index is 1.68. The summed E-state index contributed by atoms with van der Waals surface area (Å²) in [5, 5.41) is 3.02. The minimum atomic E-state index is -0.421. The number of benzene rings is 1. The number of hydrogen-bond acceptors (Lipinski definition) is 4. The molecule has 1 N–H and O–H groups in total. The van der Waals surface area contributed by atoms with Crippen molar-refractivity contribution in [3.63, 3.8) is 0 Å². The van der Waals surface area contributed by atoms with Crippen LogP contribution in [0.5, 0.6) is 5.75 Å². The Kier molecular flexibility index (Phi) is 7.53. The maximum Gasteiger partial charge on any atom is 0.261 e. The number of piperazine rings is 1. The van der Waals surface area contributed by atoms with Crippen LogP contribution in [0.15, 0.2) is 24.3 Å². The summed E-state index contributed by atoms with van der Waals surface area (Å²) in [4.78, 5) is 17.1. The van der Waals surface area contributed by atoms with Crippen LogP contribution in [0.25, 0.3) is 0 Å². The largest absolute Gasteiger partial charge is 0.481 e. The number of nitrogens with zero attached hydrogens (tertiary/aromatic N) is 2. The van der Waals surface area contributed by atoms with E-state index in [1.165, 1.54) is 0 Å². The van der Waals surface area contributed by atoms with Crippen LogP contribution >= 0.6 is 0 Å². The SMILES string of the molecule is CC[C@H](Oc1cccc(C)c1)C(=O)NCCCN1CCN(C)CC1. The molecule has 1 aliphatic rings. The molecule has 5 heteroatoms. The summed E-state index contributed by atoms with van der Waals surface area (Å²) < 4.78 is 5.84. The molecule has 5 nitrogen and oxygen atoms in total. The number of hydrogen-bond donors (Lipinski definition) is 1. The second-order valence-corrected chi connectivity index (χ2v) is 6.62. The van der Waals surface area contributed by atoms with E-state index in [0.29, 0.717) is 13.0 Å². The van der Waals surface area contributed by atoms with Crippen molar-refractivity contribution in [2.45, 2.75) is 32.8 Å². The van der Waals surface area contributed by atoms with E-state index in [-0.39, 0.29) is 5.91 Å². The van der Waals surface area contributed by atoms with Gasteiger partial charge >= 0.3 is 0 Å². The molecule has 0 radical (unpaired) electrons. The zero-order chi connectivity index (χ0) is 17.4. The van der Waals surface area contributed by atoms with Gasteiger partial charge in [-0.15, -0.1) is 0 Å². The first-order valence-electron chi connectivity index (χ1n) is 9.00. The van der Waals surface area contributed by atoms with E-state index in [1.807, 2.05) is 38.1 Å². The number of ether oxygens (including phenoxy) is 1. The fourth-order valence-corrected chi connectivity index (χ4v) is 2.87. The molecule has 2 rings (SSSR count). The number of rotatable bonds is 8. The first-order valence-corrected chi connectivity index (χ1v) is 9.00. The normalized spacial score (nSPS) is 17.5. The van der Waals surface area contributed by atoms with Crippen molar-refractivity contribution in [3.8, 4) is 5.75 Å². The van der Waals surface area contributed by atoms with Crippen molar-refractivity contribution >= 4 is 5.91 Å². The Morgan fingerprint density at radius 1 is 1.29 bits per heavy atom. The highest BCUT2D eigenvalue weighted by molar-refractivity contribution is 5.81. The van der Waals surface area contributed by atoms with Gasteiger partial charge in [-0.2, -0.15) is 0 Å². The third kappa shape index (κ3) is 6.13. The van der Waals surface area contributed by atoms with Crippen LogP contribution in [0.1, 0.15) is 25.3 Å². The van der Waals surface area contributed by atoms with E-state index in [1.54, 1.807) is 0 Å². The molecule has 0 aliphatic carbocycles. The number of carbonyl (C=O) groups is 1. The van der Waals surface area contributed by atoms with Gasteiger partial charge in [-0.3, -0.25) is 4.79 Å². The second-order valence-electron chi connectivity index (χ2n) is 6.62. The lowest BCUT2D eigenvalue weighted by Crippen LogP contribution is -2.45. The Hall–Kier alpha value is -1.59. The van der Waals surface area contributed by atoms with Gasteiger partial charge in [0.05, 0.1) is 0 Å². The molecule has 1 aromatic carbocycles. The fourth-order valence-electron chi connectivity index (χ4n) is 2.87. The third-order valence-electron chi connectivity index (χ3n) is 4.48. The Bertz CT molecular complexity index is 513. The summed E-state index contributed by atoms with van der Waals surface area (Å²) in [5.74, 6) is 0.742. The van der Waals surface area contributed by atoms with Crippen LogP contribution in [0.3, 0.4) is 0 Å². The molecule has 1 aromatic rings. The van der Waals surface area contributed by atoms with Gasteiger partial charge in [0.1, 0.15) is 5.75 Å². The Morgan fingerprint density at radius 2 is 2.04 bits per heavy atom. The molecular weight excluding hydrogens is 302 g/mol. The standard InChI is InChI=1S/C19H31N3O2/c1-4-18(24-17-8-5-7-16(2)15-17)19(23)20-9-6-10-22-13-11-21(3)12-14-22/h5,7-8,15,18H,4,6,9-14H2,1-3H3,(H,20,23)/t18-/m0/s1. The Morgan fingerprint density at radius 3 is 2.71 bits per heavy atom. The van der Waals surface area contributed by atoms with Crippen LogP contribution in [-0.4, -0.2) is 68.1 Å². The molecule has 1 fully saturated rings. The summed E-state index contributed by atoms with van der Waals surface area (Å²) in [7, 11) is 2.16. The first kappa shape index (κ1) is 18.7. The zero-order valence-electron chi connectivity index (χ0n) is 15.3. The Labute approximate surface area is 146 Å². The van der Waals surface area contributed by atoms with Crippen molar-refractivity contribution in [1.29, 1.82) is 0 Å². The topological polar surface area (TPSA) is 44.8 Å². The summed E-state index contributed by atoms with van der Waals surface area (Å²) in [6.45, 7) is 10.3. The van der Waals surface area contributed by atoms with Gasteiger partial charge in [-0.25, -0.2) is 0 Å². The van der Waals surface area contributed by atoms with Gasteiger partial charge in [0.2, 0.25) is 0 Å². The number of amides is 1. The van der Waals surface area contributed by atoms with Crippen molar-refractivity contribution < 1.29 is 9.53 Å².